The minimum Gasteiger partial charge on any atom is -0.497 e. The zero-order valence-electron chi connectivity index (χ0n) is 13.9. The van der Waals surface area contributed by atoms with Crippen molar-refractivity contribution >= 4 is 34.0 Å². The summed E-state index contributed by atoms with van der Waals surface area (Å²) in [5.41, 5.74) is 3.12. The van der Waals surface area contributed by atoms with Gasteiger partial charge in [-0.05, 0) is 18.2 Å². The number of anilines is 2. The van der Waals surface area contributed by atoms with Crippen LogP contribution in [0.15, 0.2) is 42.6 Å². The first kappa shape index (κ1) is 17.3. The molecule has 0 aliphatic carbocycles. The van der Waals surface area contributed by atoms with E-state index in [1.807, 2.05) is 35.2 Å². The zero-order chi connectivity index (χ0) is 17.8. The van der Waals surface area contributed by atoms with Crippen LogP contribution in [0.4, 0.5) is 11.4 Å². The van der Waals surface area contributed by atoms with Crippen LogP contribution < -0.4 is 14.4 Å². The second-order valence-electron chi connectivity index (χ2n) is 5.31. The number of hydrogen-bond donors (Lipinski definition) is 1. The molecule has 7 heteroatoms. The van der Waals surface area contributed by atoms with Crippen LogP contribution in [0, 0.1) is 0 Å². The van der Waals surface area contributed by atoms with E-state index in [9.17, 15) is 5.11 Å². The summed E-state index contributed by atoms with van der Waals surface area (Å²) in [6.45, 7) is 0.384. The number of benzene rings is 2. The first-order valence-corrected chi connectivity index (χ1v) is 8.06. The molecule has 0 aliphatic rings. The largest absolute Gasteiger partial charge is 0.497 e. The Hall–Kier alpha value is -2.57. The van der Waals surface area contributed by atoms with Gasteiger partial charge in [0.15, 0.2) is 0 Å². The molecule has 130 valence electrons. The van der Waals surface area contributed by atoms with Gasteiger partial charge in [0.1, 0.15) is 16.7 Å². The van der Waals surface area contributed by atoms with Crippen LogP contribution in [0.25, 0.3) is 11.0 Å². The van der Waals surface area contributed by atoms with E-state index in [-0.39, 0.29) is 6.61 Å². The predicted molar refractivity (Wildman–Crippen MR) is 98.2 cm³/mol. The molecule has 25 heavy (non-hydrogen) atoms. The van der Waals surface area contributed by atoms with Gasteiger partial charge in [0, 0.05) is 36.1 Å². The van der Waals surface area contributed by atoms with Gasteiger partial charge in [0.25, 0.3) is 0 Å². The molecule has 0 radical (unpaired) electrons. The Kier molecular flexibility index (Phi) is 5.21. The molecule has 3 rings (SSSR count). The third kappa shape index (κ3) is 3.75. The second kappa shape index (κ2) is 7.55. The Morgan fingerprint density at radius 3 is 2.36 bits per heavy atom. The Bertz CT molecular complexity index is 866. The van der Waals surface area contributed by atoms with E-state index in [1.54, 1.807) is 20.3 Å². The van der Waals surface area contributed by atoms with E-state index in [0.717, 1.165) is 16.9 Å². The highest BCUT2D eigenvalue weighted by atomic mass is 35.5. The smallest absolute Gasteiger partial charge is 0.148 e. The van der Waals surface area contributed by atoms with Crippen molar-refractivity contribution in [2.24, 2.45) is 0 Å². The molecule has 3 aromatic rings. The summed E-state index contributed by atoms with van der Waals surface area (Å²) >= 11 is 5.95. The molecule has 0 unspecified atom stereocenters. The normalized spacial score (nSPS) is 10.7. The molecule has 0 fully saturated rings. The van der Waals surface area contributed by atoms with Crippen LogP contribution in [0.2, 0.25) is 5.15 Å². The van der Waals surface area contributed by atoms with Gasteiger partial charge in [-0.25, -0.2) is 4.98 Å². The second-order valence-corrected chi connectivity index (χ2v) is 5.70. The maximum atomic E-state index is 9.52. The zero-order valence-corrected chi connectivity index (χ0v) is 14.7. The lowest BCUT2D eigenvalue weighted by Gasteiger charge is -2.25. The summed E-state index contributed by atoms with van der Waals surface area (Å²) in [5, 5.41) is 9.85. The van der Waals surface area contributed by atoms with Crippen molar-refractivity contribution in [1.82, 2.24) is 9.97 Å². The van der Waals surface area contributed by atoms with Crippen molar-refractivity contribution in [2.75, 3.05) is 32.3 Å². The standard InChI is InChI=1S/C18H18ClN3O3/c1-24-14-7-13(8-15(10-14)25-2)22(5-6-23)12-3-4-16-17(9-12)21-18(19)11-20-16/h3-4,7-11,23H,5-6H2,1-2H3. The van der Waals surface area contributed by atoms with Gasteiger partial charge in [-0.2, -0.15) is 0 Å². The molecule has 0 saturated carbocycles. The van der Waals surface area contributed by atoms with Gasteiger partial charge in [0.05, 0.1) is 38.1 Å². The molecular weight excluding hydrogens is 342 g/mol. The van der Waals surface area contributed by atoms with Crippen LogP contribution in [0.5, 0.6) is 11.5 Å². The van der Waals surface area contributed by atoms with E-state index < -0.39 is 0 Å². The highest BCUT2D eigenvalue weighted by Gasteiger charge is 2.13. The molecular formula is C18H18ClN3O3. The van der Waals surface area contributed by atoms with E-state index in [4.69, 9.17) is 21.1 Å². The monoisotopic (exact) mass is 359 g/mol. The maximum absolute atomic E-state index is 9.52. The number of nitrogens with zero attached hydrogens (tertiary/aromatic N) is 3. The van der Waals surface area contributed by atoms with E-state index in [0.29, 0.717) is 28.7 Å². The number of aliphatic hydroxyl groups excluding tert-OH is 1. The molecule has 1 N–H and O–H groups in total. The van der Waals surface area contributed by atoms with Gasteiger partial charge in [-0.3, -0.25) is 4.98 Å². The number of fused-ring (bicyclic) bond motifs is 1. The minimum atomic E-state index is -0.0151. The van der Waals surface area contributed by atoms with Gasteiger partial charge in [-0.15, -0.1) is 0 Å². The van der Waals surface area contributed by atoms with Crippen molar-refractivity contribution < 1.29 is 14.6 Å². The third-order valence-corrected chi connectivity index (χ3v) is 3.96. The number of hydrogen-bond acceptors (Lipinski definition) is 6. The Labute approximate surface area is 150 Å². The van der Waals surface area contributed by atoms with E-state index in [2.05, 4.69) is 9.97 Å². The number of rotatable bonds is 6. The predicted octanol–water partition coefficient (Wildman–Crippen LogP) is 3.43. The molecule has 0 spiro atoms. The Morgan fingerprint density at radius 2 is 1.72 bits per heavy atom. The number of ether oxygens (including phenoxy) is 2. The average Bonchev–Trinajstić information content (AvgIpc) is 2.65. The summed E-state index contributed by atoms with van der Waals surface area (Å²) in [4.78, 5) is 10.5. The maximum Gasteiger partial charge on any atom is 0.148 e. The highest BCUT2D eigenvalue weighted by Crippen LogP contribution is 2.33. The minimum absolute atomic E-state index is 0.0151. The lowest BCUT2D eigenvalue weighted by molar-refractivity contribution is 0.305. The Morgan fingerprint density at radius 1 is 1.00 bits per heavy atom. The van der Waals surface area contributed by atoms with Crippen LogP contribution in [-0.2, 0) is 0 Å². The van der Waals surface area contributed by atoms with Gasteiger partial charge >= 0.3 is 0 Å². The fourth-order valence-corrected chi connectivity index (χ4v) is 2.74. The average molecular weight is 360 g/mol. The molecule has 0 bridgehead atoms. The summed E-state index contributed by atoms with van der Waals surface area (Å²) in [6, 6.07) is 11.2. The third-order valence-electron chi connectivity index (χ3n) is 3.78. The molecule has 6 nitrogen and oxygen atoms in total. The number of aromatic nitrogens is 2. The molecule has 0 amide bonds. The van der Waals surface area contributed by atoms with E-state index in [1.165, 1.54) is 6.20 Å². The van der Waals surface area contributed by atoms with Crippen LogP contribution in [0.1, 0.15) is 0 Å². The number of aliphatic hydroxyl groups is 1. The SMILES string of the molecule is COc1cc(OC)cc(N(CCO)c2ccc3ncc(Cl)nc3c2)c1. The highest BCUT2D eigenvalue weighted by molar-refractivity contribution is 6.29. The summed E-state index contributed by atoms with van der Waals surface area (Å²) in [6.07, 6.45) is 1.52. The van der Waals surface area contributed by atoms with E-state index >= 15 is 0 Å². The summed E-state index contributed by atoms with van der Waals surface area (Å²) in [5.74, 6) is 1.34. The first-order chi connectivity index (χ1) is 12.1. The van der Waals surface area contributed by atoms with Crippen molar-refractivity contribution in [3.63, 3.8) is 0 Å². The van der Waals surface area contributed by atoms with Crippen molar-refractivity contribution in [1.29, 1.82) is 0 Å². The van der Waals surface area contributed by atoms with Gasteiger partial charge < -0.3 is 19.5 Å². The quantitative estimate of drug-likeness (QED) is 0.727. The summed E-state index contributed by atoms with van der Waals surface area (Å²) < 4.78 is 10.7. The number of methoxy groups -OCH3 is 2. The van der Waals surface area contributed by atoms with Crippen LogP contribution >= 0.6 is 11.6 Å². The molecule has 1 aromatic heterocycles. The van der Waals surface area contributed by atoms with Crippen molar-refractivity contribution in [3.05, 3.63) is 47.7 Å². The lowest BCUT2D eigenvalue weighted by Crippen LogP contribution is -2.21. The topological polar surface area (TPSA) is 67.7 Å². The fraction of sp³-hybridized carbons (Fsp3) is 0.222. The fourth-order valence-electron chi connectivity index (χ4n) is 2.60. The first-order valence-electron chi connectivity index (χ1n) is 7.68. The number of halogens is 1. The molecule has 0 saturated heterocycles. The van der Waals surface area contributed by atoms with Crippen molar-refractivity contribution in [3.8, 4) is 11.5 Å². The van der Waals surface area contributed by atoms with Crippen LogP contribution in [0.3, 0.4) is 0 Å². The summed E-state index contributed by atoms with van der Waals surface area (Å²) in [7, 11) is 3.20. The van der Waals surface area contributed by atoms with Gasteiger partial charge in [0.2, 0.25) is 0 Å². The van der Waals surface area contributed by atoms with Gasteiger partial charge in [-0.1, -0.05) is 11.6 Å². The molecule has 2 aromatic carbocycles. The van der Waals surface area contributed by atoms with Crippen LogP contribution in [-0.4, -0.2) is 42.4 Å². The molecule has 0 atom stereocenters. The molecule has 0 aliphatic heterocycles. The lowest BCUT2D eigenvalue weighted by atomic mass is 10.2. The van der Waals surface area contributed by atoms with Crippen molar-refractivity contribution in [2.45, 2.75) is 0 Å². The Balaban J connectivity index is 2.09. The molecule has 1 heterocycles.